The molecular formula is C86H124N24O18S. The van der Waals surface area contributed by atoms with E-state index in [1.165, 1.54) is 62.3 Å². The van der Waals surface area contributed by atoms with Crippen LogP contribution < -0.4 is 75.7 Å². The smallest absolute Gasteiger partial charge is 0.246 e. The molecule has 24 N–H and O–H groups in total. The maximum absolute atomic E-state index is 15.7. The first-order chi connectivity index (χ1) is 61.6. The molecule has 2 aliphatic heterocycles. The minimum atomic E-state index is -1.82. The second kappa shape index (κ2) is 50.2. The predicted molar refractivity (Wildman–Crippen MR) is 478 cm³/mol. The molecular weight excluding hydrogens is 1690 g/mol. The minimum absolute atomic E-state index is 0.0182. The van der Waals surface area contributed by atoms with Gasteiger partial charge in [-0.3, -0.25) is 82.2 Å². The minimum Gasteiger partial charge on any atom is -0.394 e. The number of H-pyrrole nitrogens is 3. The lowest BCUT2D eigenvalue weighted by atomic mass is 9.99. The second-order valence-corrected chi connectivity index (χ2v) is 33.5. The van der Waals surface area contributed by atoms with Crippen molar-refractivity contribution in [2.75, 3.05) is 85.6 Å². The molecule has 0 saturated carbocycles. The molecule has 0 radical (unpaired) electrons. The molecule has 0 aliphatic carbocycles. The van der Waals surface area contributed by atoms with Gasteiger partial charge in [-0.15, -0.1) is 11.8 Å². The molecule has 2 fully saturated rings. The van der Waals surface area contributed by atoms with Gasteiger partial charge in [0.2, 0.25) is 88.6 Å². The summed E-state index contributed by atoms with van der Waals surface area (Å²) in [5, 5.41) is 73.6. The first kappa shape index (κ1) is 102. The van der Waals surface area contributed by atoms with E-state index >= 15 is 14.4 Å². The first-order valence-corrected chi connectivity index (χ1v) is 44.3. The fourth-order valence-corrected chi connectivity index (χ4v) is 16.4. The molecule has 43 heteroatoms. The van der Waals surface area contributed by atoms with E-state index in [4.69, 9.17) is 22.6 Å². The van der Waals surface area contributed by atoms with Crippen LogP contribution in [0, 0.1) is 5.41 Å². The summed E-state index contributed by atoms with van der Waals surface area (Å²) in [4.78, 5) is 236. The number of thioether (sulfide) groups is 1. The van der Waals surface area contributed by atoms with Crippen LogP contribution in [0.2, 0.25) is 0 Å². The average Bonchev–Trinajstić information content (AvgIpc) is 1.68. The monoisotopic (exact) mass is 1810 g/mol. The lowest BCUT2D eigenvalue weighted by Gasteiger charge is -2.41. The summed E-state index contributed by atoms with van der Waals surface area (Å²) in [5.74, 6) is -14.6. The lowest BCUT2D eigenvalue weighted by Crippen LogP contribution is -2.62. The third-order valence-electron chi connectivity index (χ3n) is 22.9. The summed E-state index contributed by atoms with van der Waals surface area (Å²) in [6.07, 6.45) is 5.46. The van der Waals surface area contributed by atoms with Gasteiger partial charge in [-0.25, -0.2) is 4.98 Å². The van der Waals surface area contributed by atoms with Crippen LogP contribution >= 0.6 is 11.8 Å². The number of imidazole rings is 1. The number of para-hydroxylation sites is 2. The third-order valence-corrected chi connectivity index (χ3v) is 23.9. The Morgan fingerprint density at radius 3 is 1.78 bits per heavy atom. The van der Waals surface area contributed by atoms with Gasteiger partial charge in [0, 0.05) is 124 Å². The molecule has 2 saturated heterocycles. The van der Waals surface area contributed by atoms with Crippen molar-refractivity contribution in [2.24, 2.45) is 17.2 Å². The van der Waals surface area contributed by atoms with Crippen molar-refractivity contribution in [3.63, 3.8) is 0 Å². The van der Waals surface area contributed by atoms with Crippen LogP contribution in [0.25, 0.3) is 21.8 Å². The summed E-state index contributed by atoms with van der Waals surface area (Å²) in [6.45, 7) is 1.49. The molecule has 0 spiro atoms. The van der Waals surface area contributed by atoms with Crippen molar-refractivity contribution in [3.8, 4) is 0 Å². The molecule has 8 rings (SSSR count). The van der Waals surface area contributed by atoms with Crippen molar-refractivity contribution < 1.29 is 87.2 Å². The van der Waals surface area contributed by atoms with Gasteiger partial charge in [-0.1, -0.05) is 106 Å². The number of aromatic amines is 3. The number of carbonyl (C=O) groups is 15. The third kappa shape index (κ3) is 29.7. The Labute approximate surface area is 751 Å². The Balaban J connectivity index is 1.16. The lowest BCUT2D eigenvalue weighted by molar-refractivity contribution is -0.147. The van der Waals surface area contributed by atoms with E-state index in [1.54, 1.807) is 91.3 Å². The van der Waals surface area contributed by atoms with Gasteiger partial charge in [0.05, 0.1) is 56.9 Å². The van der Waals surface area contributed by atoms with Gasteiger partial charge in [-0.05, 0) is 81.3 Å². The normalized spacial score (nSPS) is 24.5. The zero-order chi connectivity index (χ0) is 94.1. The highest BCUT2D eigenvalue weighted by Crippen LogP contribution is 2.27. The van der Waals surface area contributed by atoms with E-state index in [1.807, 2.05) is 13.8 Å². The second-order valence-electron chi connectivity index (χ2n) is 32.4. The van der Waals surface area contributed by atoms with Crippen molar-refractivity contribution in [1.82, 2.24) is 103 Å². The number of nitrogens with zero attached hydrogens (tertiary/aromatic N) is 6. The summed E-state index contributed by atoms with van der Waals surface area (Å²) >= 11 is 0.811. The van der Waals surface area contributed by atoms with Crippen molar-refractivity contribution in [2.45, 2.75) is 202 Å². The highest BCUT2D eigenvalue weighted by molar-refractivity contribution is 8.00. The Morgan fingerprint density at radius 2 is 1.16 bits per heavy atom. The van der Waals surface area contributed by atoms with Gasteiger partial charge in [0.25, 0.3) is 0 Å². The Morgan fingerprint density at radius 1 is 0.574 bits per heavy atom. The van der Waals surface area contributed by atoms with Gasteiger partial charge in [0.15, 0.2) is 5.96 Å². The number of aliphatic hydroxyl groups is 3. The predicted octanol–water partition coefficient (Wildman–Crippen LogP) is -3.93. The number of amides is 15. The van der Waals surface area contributed by atoms with Crippen molar-refractivity contribution >= 4 is 128 Å². The molecule has 2 unspecified atom stereocenters. The van der Waals surface area contributed by atoms with E-state index in [-0.39, 0.29) is 83.8 Å². The molecule has 6 aromatic rings. The number of fused-ring (bicyclic) bond motifs is 3. The Bertz CT molecular complexity index is 4840. The van der Waals surface area contributed by atoms with E-state index in [0.717, 1.165) is 21.6 Å². The Hall–Kier alpha value is -12.6. The Kier molecular flexibility index (Phi) is 39.7. The fraction of sp³-hybridized carbons (Fsp3) is 0.523. The number of carbonyl (C=O) groups excluding carboxylic acids is 15. The standard InChI is InChI=1S/C86H124N24O18S/c1-8-10-28-67-79(122)101-59(27-19-31-92-86(89)90)76(119)105-66(75(118)96-42-71(88)114)46-129-47-73(116)100-61(33-50-21-13-12-14-22-50)82(125)107(5)49(3)74(117)102-63(37-70(87)113)84(127)110-32-20-30-68(110)80(123)98-54(36-53-40-91-48-97-53)41-95-65(45-112)81(124)106(4)43-72(115)99-60(34-51-38-93-57-25-17-15-23-55(51)57)77(120)104-64(44-111)78(121)103-62(35-52-39-94-58-26-18-16-24-56(52)58)83(126)109(7)69(29-11-9-2)85(128)108(67)6/h12-18,21-26,38-40,48-49,54,59-69,85,93-95,111-112,128H,8-11,19-20,27-37,41-47H2,1-7H3,(H2,87,113)(H2,88,114)(H,91,97)(H,96,118)(H,98,123)(H,99,115)(H,100,116)(H,101,122)(H,102,117)(H,103,121)(H,104,120)(H,105,119)(H4,89,90,92)/t49-,54-,59?,60-,61-,62-,63-,64-,65-,66-,67-,68-,69-,85?/m0/s1. The molecule has 42 nitrogen and oxygen atoms in total. The molecule has 5 heterocycles. The van der Waals surface area contributed by atoms with Gasteiger partial charge in [-0.2, -0.15) is 0 Å². The molecule has 14 atom stereocenters. The van der Waals surface area contributed by atoms with Gasteiger partial charge >= 0.3 is 0 Å². The number of primary amides is 2. The molecule has 3 aromatic carbocycles. The number of hydrogen-bond acceptors (Lipinski definition) is 23. The number of aliphatic hydroxyl groups excluding tert-OH is 3. The number of nitrogens with one attached hydrogen (secondary N) is 15. The highest BCUT2D eigenvalue weighted by atomic mass is 32.2. The number of aromatic nitrogens is 4. The first-order valence-electron chi connectivity index (χ1n) is 43.1. The largest absolute Gasteiger partial charge is 0.394 e. The van der Waals surface area contributed by atoms with Crippen LogP contribution in [0.15, 0.2) is 104 Å². The highest BCUT2D eigenvalue weighted by Gasteiger charge is 2.43. The molecule has 0 bridgehead atoms. The summed E-state index contributed by atoms with van der Waals surface area (Å²) in [5.41, 5.74) is 20.3. The summed E-state index contributed by atoms with van der Waals surface area (Å²) in [6, 6.07) is 4.21. The van der Waals surface area contributed by atoms with E-state index < -0.39 is 224 Å². The average molecular weight is 1810 g/mol. The van der Waals surface area contributed by atoms with Crippen molar-refractivity contribution in [1.29, 1.82) is 5.41 Å². The number of benzene rings is 3. The fourth-order valence-electron chi connectivity index (χ4n) is 15.6. The molecule has 702 valence electrons. The summed E-state index contributed by atoms with van der Waals surface area (Å²) in [7, 11) is 5.41. The number of nitrogens with two attached hydrogens (primary N) is 3. The van der Waals surface area contributed by atoms with E-state index in [0.29, 0.717) is 69.9 Å². The number of hydrogen-bond donors (Lipinski definition) is 21. The SMILES string of the molecule is CCCC[C@H]1C(O)N(C)[C@@H](CCCC)C(=O)NC(CCCNC(=N)N)C(=O)N[C@H](C(=O)NCC(N)=O)CSCC(=O)N[C@@H](Cc2ccccc2)C(=O)N(C)[C@@H](C)C(=O)N[C@@H](CC(N)=O)C(=O)N2CCC[C@H]2C(=O)N[C@@H](Cc2cnc[nH]2)CN[C@@H](CO)C(=O)N(C)CC(=O)N[C@@H](Cc2c[nH]c3ccccc23)C(=O)N[C@@H](CO)C(=O)N[C@@H](Cc2c[nH]c3ccccc23)C(=O)N1C. The quantitative estimate of drug-likeness (QED) is 0.0148. The van der Waals surface area contributed by atoms with E-state index in [9.17, 15) is 72.9 Å². The molecule has 3 aromatic heterocycles. The molecule has 15 amide bonds. The van der Waals surface area contributed by atoms with Gasteiger partial charge < -0.3 is 126 Å². The number of likely N-dealkylation sites (N-methyl/N-ethyl adjacent to an activating group) is 4. The van der Waals surface area contributed by atoms with Crippen LogP contribution in [0.5, 0.6) is 0 Å². The van der Waals surface area contributed by atoms with Crippen LogP contribution in [-0.4, -0.2) is 325 Å². The topological polar surface area (TPSA) is 627 Å². The number of guanidine groups is 1. The van der Waals surface area contributed by atoms with Crippen LogP contribution in [-0.2, 0) is 97.6 Å². The maximum Gasteiger partial charge on any atom is 0.246 e. The molecule has 2 aliphatic rings. The number of unbranched alkanes of at least 4 members (excludes halogenated alkanes) is 2. The zero-order valence-corrected chi connectivity index (χ0v) is 74.5. The van der Waals surface area contributed by atoms with Crippen molar-refractivity contribution in [3.05, 3.63) is 126 Å². The van der Waals surface area contributed by atoms with Crippen LogP contribution in [0.4, 0.5) is 0 Å². The van der Waals surface area contributed by atoms with Gasteiger partial charge in [0.1, 0.15) is 66.6 Å². The van der Waals surface area contributed by atoms with Crippen LogP contribution in [0.1, 0.15) is 114 Å². The molecule has 129 heavy (non-hydrogen) atoms. The van der Waals surface area contributed by atoms with E-state index in [2.05, 4.69) is 78.4 Å². The summed E-state index contributed by atoms with van der Waals surface area (Å²) < 4.78 is 0. The zero-order valence-electron chi connectivity index (χ0n) is 73.7. The number of rotatable bonds is 25. The maximum atomic E-state index is 15.7. The van der Waals surface area contributed by atoms with Crippen LogP contribution in [0.3, 0.4) is 0 Å².